The number of amides is 1. The molecule has 1 fully saturated rings. The number of nitrogens with one attached hydrogen (secondary N) is 1. The fourth-order valence-corrected chi connectivity index (χ4v) is 3.10. The van der Waals surface area contributed by atoms with Gasteiger partial charge in [0.25, 0.3) is 5.91 Å². The van der Waals surface area contributed by atoms with Gasteiger partial charge in [-0.3, -0.25) is 4.79 Å². The number of hydrogen-bond donors (Lipinski definition) is 1. The second-order valence-corrected chi connectivity index (χ2v) is 6.52. The van der Waals surface area contributed by atoms with E-state index in [1.54, 1.807) is 26.5 Å². The summed E-state index contributed by atoms with van der Waals surface area (Å²) in [5.74, 6) is 1.25. The molecule has 150 valence electrons. The lowest BCUT2D eigenvalue weighted by atomic mass is 10.2. The Morgan fingerprint density at radius 3 is 2.54 bits per heavy atom. The van der Waals surface area contributed by atoms with Gasteiger partial charge in [-0.2, -0.15) is 0 Å². The van der Waals surface area contributed by atoms with Crippen molar-refractivity contribution in [2.75, 3.05) is 63.8 Å². The van der Waals surface area contributed by atoms with Crippen molar-refractivity contribution in [1.29, 1.82) is 0 Å². The van der Waals surface area contributed by atoms with E-state index in [0.717, 1.165) is 30.9 Å². The minimum absolute atomic E-state index is 0.0586. The first-order valence-corrected chi connectivity index (χ1v) is 9.45. The number of ether oxygens (including phenoxy) is 2. The number of carbonyl (C=O) groups is 1. The highest BCUT2D eigenvalue weighted by atomic mass is 16.5. The molecule has 0 unspecified atom stereocenters. The maximum absolute atomic E-state index is 12.8. The van der Waals surface area contributed by atoms with Gasteiger partial charge in [-0.05, 0) is 36.8 Å². The van der Waals surface area contributed by atoms with Crippen molar-refractivity contribution in [1.82, 2.24) is 14.9 Å². The number of piperazine rings is 1. The van der Waals surface area contributed by atoms with Crippen LogP contribution in [0, 0.1) is 0 Å². The lowest BCUT2D eigenvalue weighted by Gasteiger charge is -2.36. The van der Waals surface area contributed by atoms with Crippen LogP contribution in [-0.4, -0.2) is 74.3 Å². The van der Waals surface area contributed by atoms with Crippen molar-refractivity contribution >= 4 is 17.5 Å². The van der Waals surface area contributed by atoms with Crippen LogP contribution in [0.4, 0.5) is 11.6 Å². The third kappa shape index (κ3) is 5.10. The maximum atomic E-state index is 12.8. The molecule has 8 nitrogen and oxygen atoms in total. The van der Waals surface area contributed by atoms with Crippen molar-refractivity contribution in [3.05, 3.63) is 42.2 Å². The molecule has 2 aromatic rings. The molecule has 1 aromatic carbocycles. The molecule has 8 heteroatoms. The second-order valence-electron chi connectivity index (χ2n) is 6.52. The Labute approximate surface area is 165 Å². The predicted octanol–water partition coefficient (Wildman–Crippen LogP) is 1.90. The highest BCUT2D eigenvalue weighted by Gasteiger charge is 2.23. The van der Waals surface area contributed by atoms with E-state index in [4.69, 9.17) is 9.47 Å². The highest BCUT2D eigenvalue weighted by molar-refractivity contribution is 5.92. The van der Waals surface area contributed by atoms with Crippen LogP contribution in [0.1, 0.15) is 16.9 Å². The van der Waals surface area contributed by atoms with Crippen molar-refractivity contribution < 1.29 is 14.3 Å². The molecule has 0 saturated carbocycles. The van der Waals surface area contributed by atoms with Gasteiger partial charge in [0.1, 0.15) is 11.4 Å². The lowest BCUT2D eigenvalue weighted by Crippen LogP contribution is -2.49. The molecular weight excluding hydrogens is 358 g/mol. The zero-order chi connectivity index (χ0) is 19.8. The summed E-state index contributed by atoms with van der Waals surface area (Å²) in [5, 5.41) is 3.12. The zero-order valence-corrected chi connectivity index (χ0v) is 16.4. The van der Waals surface area contributed by atoms with Crippen molar-refractivity contribution in [3.63, 3.8) is 0 Å². The number of nitrogens with zero attached hydrogens (tertiary/aromatic N) is 4. The van der Waals surface area contributed by atoms with Gasteiger partial charge in [-0.25, -0.2) is 9.97 Å². The van der Waals surface area contributed by atoms with Gasteiger partial charge < -0.3 is 24.6 Å². The van der Waals surface area contributed by atoms with Crippen LogP contribution in [-0.2, 0) is 4.74 Å². The third-order valence-corrected chi connectivity index (χ3v) is 4.69. The second kappa shape index (κ2) is 9.89. The van der Waals surface area contributed by atoms with Crippen LogP contribution in [0.3, 0.4) is 0 Å². The fourth-order valence-electron chi connectivity index (χ4n) is 3.10. The minimum atomic E-state index is -0.0586. The Bertz CT molecular complexity index is 761. The Hall–Kier alpha value is -2.87. The van der Waals surface area contributed by atoms with E-state index in [1.807, 2.05) is 29.2 Å². The molecular formula is C20H27N5O3. The summed E-state index contributed by atoms with van der Waals surface area (Å²) in [6, 6.07) is 9.66. The average molecular weight is 385 g/mol. The molecule has 1 aliphatic heterocycles. The van der Waals surface area contributed by atoms with E-state index >= 15 is 0 Å². The average Bonchev–Trinajstić information content (AvgIpc) is 2.77. The summed E-state index contributed by atoms with van der Waals surface area (Å²) in [6.45, 7) is 4.25. The molecule has 0 atom stereocenters. The normalized spacial score (nSPS) is 14.1. The predicted molar refractivity (Wildman–Crippen MR) is 108 cm³/mol. The van der Waals surface area contributed by atoms with Crippen LogP contribution in [0.2, 0.25) is 0 Å². The van der Waals surface area contributed by atoms with Crippen LogP contribution in [0.25, 0.3) is 0 Å². The largest absolute Gasteiger partial charge is 0.497 e. The monoisotopic (exact) mass is 385 g/mol. The molecule has 0 bridgehead atoms. The molecule has 1 aromatic heterocycles. The Balaban J connectivity index is 1.54. The summed E-state index contributed by atoms with van der Waals surface area (Å²) in [5.41, 5.74) is 1.56. The number of hydrogen-bond acceptors (Lipinski definition) is 7. The van der Waals surface area contributed by atoms with Gasteiger partial charge in [0, 0.05) is 58.3 Å². The molecule has 1 saturated heterocycles. The van der Waals surface area contributed by atoms with Crippen molar-refractivity contribution in [2.24, 2.45) is 0 Å². The van der Waals surface area contributed by atoms with Gasteiger partial charge in [-0.15, -0.1) is 0 Å². The molecule has 28 heavy (non-hydrogen) atoms. The molecule has 1 aliphatic rings. The van der Waals surface area contributed by atoms with E-state index in [9.17, 15) is 4.79 Å². The summed E-state index contributed by atoms with van der Waals surface area (Å²) < 4.78 is 10.2. The lowest BCUT2D eigenvalue weighted by molar-refractivity contribution is 0.0741. The molecule has 0 spiro atoms. The first kappa shape index (κ1) is 19.9. The number of anilines is 2. The highest BCUT2D eigenvalue weighted by Crippen LogP contribution is 2.21. The summed E-state index contributed by atoms with van der Waals surface area (Å²) in [4.78, 5) is 25.5. The summed E-state index contributed by atoms with van der Waals surface area (Å²) >= 11 is 0. The summed E-state index contributed by atoms with van der Waals surface area (Å²) in [6.07, 6.45) is 2.47. The first-order valence-electron chi connectivity index (χ1n) is 9.45. The standard InChI is InChI=1S/C20H27N5O3/c1-27-15-3-9-21-20-22-10-8-18(23-20)19(26)25-13-11-24(12-14-25)16-4-6-17(28-2)7-5-16/h4-8,10H,3,9,11-15H2,1-2H3,(H,21,22,23). The smallest absolute Gasteiger partial charge is 0.272 e. The van der Waals surface area contributed by atoms with Gasteiger partial charge in [0.05, 0.1) is 7.11 Å². The fraction of sp³-hybridized carbons (Fsp3) is 0.450. The Kier molecular flexibility index (Phi) is 7.02. The topological polar surface area (TPSA) is 79.8 Å². The molecule has 3 rings (SSSR count). The number of rotatable bonds is 8. The Morgan fingerprint density at radius 2 is 1.86 bits per heavy atom. The van der Waals surface area contributed by atoms with E-state index < -0.39 is 0 Å². The third-order valence-electron chi connectivity index (χ3n) is 4.69. The van der Waals surface area contributed by atoms with E-state index in [1.165, 1.54) is 0 Å². The van der Waals surface area contributed by atoms with E-state index in [2.05, 4.69) is 20.2 Å². The summed E-state index contributed by atoms with van der Waals surface area (Å²) in [7, 11) is 3.33. The van der Waals surface area contributed by atoms with Gasteiger partial charge >= 0.3 is 0 Å². The molecule has 2 heterocycles. The Morgan fingerprint density at radius 1 is 1.11 bits per heavy atom. The maximum Gasteiger partial charge on any atom is 0.272 e. The zero-order valence-electron chi connectivity index (χ0n) is 16.4. The van der Waals surface area contributed by atoms with Crippen molar-refractivity contribution in [2.45, 2.75) is 6.42 Å². The van der Waals surface area contributed by atoms with Crippen LogP contribution in [0.15, 0.2) is 36.5 Å². The van der Waals surface area contributed by atoms with Crippen LogP contribution < -0.4 is 15.0 Å². The molecule has 0 aliphatic carbocycles. The minimum Gasteiger partial charge on any atom is -0.497 e. The number of benzene rings is 1. The molecule has 1 N–H and O–H groups in total. The molecule has 1 amide bonds. The first-order chi connectivity index (χ1) is 13.7. The SMILES string of the molecule is COCCCNc1nccc(C(=O)N2CCN(c3ccc(OC)cc3)CC2)n1. The number of aromatic nitrogens is 2. The van der Waals surface area contributed by atoms with E-state index in [0.29, 0.717) is 37.9 Å². The van der Waals surface area contributed by atoms with Crippen LogP contribution in [0.5, 0.6) is 5.75 Å². The van der Waals surface area contributed by atoms with E-state index in [-0.39, 0.29) is 5.91 Å². The number of carbonyl (C=O) groups excluding carboxylic acids is 1. The van der Waals surface area contributed by atoms with Gasteiger partial charge in [-0.1, -0.05) is 0 Å². The quantitative estimate of drug-likeness (QED) is 0.695. The van der Waals surface area contributed by atoms with Gasteiger partial charge in [0.2, 0.25) is 5.95 Å². The van der Waals surface area contributed by atoms with Crippen molar-refractivity contribution in [3.8, 4) is 5.75 Å². The number of methoxy groups -OCH3 is 2. The van der Waals surface area contributed by atoms with Gasteiger partial charge in [0.15, 0.2) is 0 Å². The molecule has 0 radical (unpaired) electrons. The van der Waals surface area contributed by atoms with Crippen LogP contribution >= 0.6 is 0 Å².